The van der Waals surface area contributed by atoms with Crippen LogP contribution in [0.5, 0.6) is 0 Å². The third kappa shape index (κ3) is 7.06. The number of thioether (sulfide) groups is 1. The van der Waals surface area contributed by atoms with Gasteiger partial charge in [-0.25, -0.2) is 0 Å². The second-order valence-electron chi connectivity index (χ2n) is 7.29. The molecule has 0 bridgehead atoms. The van der Waals surface area contributed by atoms with E-state index in [1.54, 1.807) is 0 Å². The number of carbonyl (C=O) groups excluding carboxylic acids is 2. The number of aryl methyl sites for hydroxylation is 2. The summed E-state index contributed by atoms with van der Waals surface area (Å²) in [5.74, 6) is -0.611. The van der Waals surface area contributed by atoms with Crippen LogP contribution in [0, 0.1) is 13.8 Å². The number of rotatable bonds is 9. The maximum Gasteiger partial charge on any atom is 0.316 e. The molecule has 0 heterocycles. The molecule has 0 spiro atoms. The summed E-state index contributed by atoms with van der Waals surface area (Å²) >= 11 is 4.91. The summed E-state index contributed by atoms with van der Waals surface area (Å²) in [6.07, 6.45) is 0. The Morgan fingerprint density at radius 1 is 1.13 bits per heavy atom. The van der Waals surface area contributed by atoms with E-state index in [0.29, 0.717) is 11.7 Å². The molecule has 2 aromatic carbocycles. The Balaban J connectivity index is 1.80. The lowest BCUT2D eigenvalue weighted by Crippen LogP contribution is -2.30. The minimum Gasteiger partial charge on any atom is -0.455 e. The van der Waals surface area contributed by atoms with E-state index >= 15 is 0 Å². The van der Waals surface area contributed by atoms with E-state index in [0.717, 1.165) is 32.7 Å². The summed E-state index contributed by atoms with van der Waals surface area (Å²) in [7, 11) is 0. The standard InChI is InChI=1S/C23H29BrN2O3S/c1-6-26(15(2)3)19-9-7-18(8-10-19)25-22(27)13-29-23(28)14-30-21-12-16(4)20(24)11-17(21)5/h7-12,15H,6,13-14H2,1-5H3,(H,25,27). The second kappa shape index (κ2) is 11.4. The molecule has 162 valence electrons. The van der Waals surface area contributed by atoms with Crippen LogP contribution in [0.15, 0.2) is 45.8 Å². The topological polar surface area (TPSA) is 58.6 Å². The lowest BCUT2D eigenvalue weighted by atomic mass is 10.2. The Morgan fingerprint density at radius 2 is 1.80 bits per heavy atom. The van der Waals surface area contributed by atoms with Gasteiger partial charge in [0, 0.05) is 33.3 Å². The lowest BCUT2D eigenvalue weighted by Gasteiger charge is -2.27. The van der Waals surface area contributed by atoms with Crippen LogP contribution in [0.1, 0.15) is 31.9 Å². The molecule has 2 rings (SSSR count). The zero-order chi connectivity index (χ0) is 22.3. The Kier molecular flexibility index (Phi) is 9.24. The molecule has 2 aromatic rings. The molecule has 0 saturated heterocycles. The van der Waals surface area contributed by atoms with Crippen molar-refractivity contribution in [3.05, 3.63) is 52.0 Å². The number of halogens is 1. The van der Waals surface area contributed by atoms with Gasteiger partial charge in [0.05, 0.1) is 5.75 Å². The fourth-order valence-electron chi connectivity index (χ4n) is 3.01. The molecule has 0 atom stereocenters. The molecule has 7 heteroatoms. The van der Waals surface area contributed by atoms with Crippen molar-refractivity contribution in [2.45, 2.75) is 45.6 Å². The maximum atomic E-state index is 12.1. The normalized spacial score (nSPS) is 10.8. The Labute approximate surface area is 191 Å². The van der Waals surface area contributed by atoms with Gasteiger partial charge in [-0.1, -0.05) is 15.9 Å². The molecule has 0 aromatic heterocycles. The number of ether oxygens (including phenoxy) is 1. The Hall–Kier alpha value is -1.99. The number of benzene rings is 2. The van der Waals surface area contributed by atoms with Crippen LogP contribution < -0.4 is 10.2 Å². The number of hydrogen-bond acceptors (Lipinski definition) is 5. The predicted octanol–water partition coefficient (Wildman–Crippen LogP) is 5.57. The van der Waals surface area contributed by atoms with Crippen molar-refractivity contribution in [3.63, 3.8) is 0 Å². The van der Waals surface area contributed by atoms with E-state index in [-0.39, 0.29) is 18.3 Å². The summed E-state index contributed by atoms with van der Waals surface area (Å²) in [4.78, 5) is 27.4. The Morgan fingerprint density at radius 3 is 2.40 bits per heavy atom. The summed E-state index contributed by atoms with van der Waals surface area (Å²) < 4.78 is 6.16. The number of nitrogens with zero attached hydrogens (tertiary/aromatic N) is 1. The van der Waals surface area contributed by atoms with E-state index < -0.39 is 5.97 Å². The van der Waals surface area contributed by atoms with Crippen LogP contribution in [0.3, 0.4) is 0 Å². The van der Waals surface area contributed by atoms with E-state index in [1.165, 1.54) is 11.8 Å². The van der Waals surface area contributed by atoms with Crippen molar-refractivity contribution < 1.29 is 14.3 Å². The van der Waals surface area contributed by atoms with Crippen molar-refractivity contribution in [1.29, 1.82) is 0 Å². The fourth-order valence-corrected chi connectivity index (χ4v) is 4.37. The largest absolute Gasteiger partial charge is 0.455 e. The first-order valence-corrected chi connectivity index (χ1v) is 11.7. The predicted molar refractivity (Wildman–Crippen MR) is 129 cm³/mol. The van der Waals surface area contributed by atoms with Gasteiger partial charge in [0.25, 0.3) is 5.91 Å². The third-order valence-corrected chi connectivity index (χ3v) is 6.60. The van der Waals surface area contributed by atoms with Crippen molar-refractivity contribution in [2.75, 3.05) is 29.1 Å². The van der Waals surface area contributed by atoms with E-state index in [1.807, 2.05) is 50.2 Å². The highest BCUT2D eigenvalue weighted by atomic mass is 79.9. The van der Waals surface area contributed by atoms with Gasteiger partial charge in [-0.2, -0.15) is 0 Å². The van der Waals surface area contributed by atoms with Gasteiger partial charge in [-0.15, -0.1) is 11.8 Å². The second-order valence-corrected chi connectivity index (χ2v) is 9.16. The van der Waals surface area contributed by atoms with E-state index in [4.69, 9.17) is 4.74 Å². The zero-order valence-corrected chi connectivity index (χ0v) is 20.5. The third-order valence-electron chi connectivity index (χ3n) is 4.61. The molecule has 0 aliphatic heterocycles. The van der Waals surface area contributed by atoms with Crippen LogP contribution in [0.2, 0.25) is 0 Å². The quantitative estimate of drug-likeness (QED) is 0.365. The summed E-state index contributed by atoms with van der Waals surface area (Å²) in [5.41, 5.74) is 3.98. The van der Waals surface area contributed by atoms with E-state index in [2.05, 4.69) is 46.9 Å². The van der Waals surface area contributed by atoms with Crippen molar-refractivity contribution in [1.82, 2.24) is 0 Å². The molecule has 0 aliphatic rings. The van der Waals surface area contributed by atoms with Crippen LogP contribution in [-0.2, 0) is 14.3 Å². The average Bonchev–Trinajstić information content (AvgIpc) is 2.69. The SMILES string of the molecule is CCN(c1ccc(NC(=O)COC(=O)CSc2cc(C)c(Br)cc2C)cc1)C(C)C. The number of esters is 1. The van der Waals surface area contributed by atoms with Crippen molar-refractivity contribution in [2.24, 2.45) is 0 Å². The van der Waals surface area contributed by atoms with Gasteiger partial charge in [-0.3, -0.25) is 9.59 Å². The molecule has 0 radical (unpaired) electrons. The monoisotopic (exact) mass is 492 g/mol. The molecule has 0 fully saturated rings. The van der Waals surface area contributed by atoms with Crippen LogP contribution in [0.25, 0.3) is 0 Å². The highest BCUT2D eigenvalue weighted by Gasteiger charge is 2.12. The molecule has 5 nitrogen and oxygen atoms in total. The lowest BCUT2D eigenvalue weighted by molar-refractivity contribution is -0.144. The first-order valence-electron chi connectivity index (χ1n) is 9.93. The number of anilines is 2. The van der Waals surface area contributed by atoms with Crippen LogP contribution in [0.4, 0.5) is 11.4 Å². The molecule has 0 aliphatic carbocycles. The summed E-state index contributed by atoms with van der Waals surface area (Å²) in [5, 5.41) is 2.76. The maximum absolute atomic E-state index is 12.1. The highest BCUT2D eigenvalue weighted by molar-refractivity contribution is 9.10. The zero-order valence-electron chi connectivity index (χ0n) is 18.1. The highest BCUT2D eigenvalue weighted by Crippen LogP contribution is 2.28. The first-order chi connectivity index (χ1) is 14.2. The molecule has 0 unspecified atom stereocenters. The average molecular weight is 493 g/mol. The molecule has 1 amide bonds. The van der Waals surface area contributed by atoms with E-state index in [9.17, 15) is 9.59 Å². The van der Waals surface area contributed by atoms with Crippen LogP contribution in [-0.4, -0.2) is 36.8 Å². The Bertz CT molecular complexity index is 885. The van der Waals surface area contributed by atoms with Gasteiger partial charge in [-0.05, 0) is 82.1 Å². The van der Waals surface area contributed by atoms with Gasteiger partial charge in [0.2, 0.25) is 0 Å². The number of carbonyl (C=O) groups is 2. The number of amides is 1. The molecule has 1 N–H and O–H groups in total. The van der Waals surface area contributed by atoms with Crippen molar-refractivity contribution in [3.8, 4) is 0 Å². The summed E-state index contributed by atoms with van der Waals surface area (Å²) in [6, 6.07) is 12.1. The minimum absolute atomic E-state index is 0.159. The van der Waals surface area contributed by atoms with Gasteiger partial charge < -0.3 is 15.0 Å². The fraction of sp³-hybridized carbons (Fsp3) is 0.391. The molecular weight excluding hydrogens is 464 g/mol. The van der Waals surface area contributed by atoms with Gasteiger partial charge in [0.15, 0.2) is 6.61 Å². The summed E-state index contributed by atoms with van der Waals surface area (Å²) in [6.45, 7) is 11.0. The number of hydrogen-bond donors (Lipinski definition) is 1. The number of nitrogens with one attached hydrogen (secondary N) is 1. The smallest absolute Gasteiger partial charge is 0.316 e. The van der Waals surface area contributed by atoms with Crippen molar-refractivity contribution >= 4 is 50.9 Å². The molecular formula is C23H29BrN2O3S. The van der Waals surface area contributed by atoms with Crippen LogP contribution >= 0.6 is 27.7 Å². The molecule has 0 saturated carbocycles. The first kappa shape index (κ1) is 24.3. The molecule has 30 heavy (non-hydrogen) atoms. The van der Waals surface area contributed by atoms with Gasteiger partial charge in [0.1, 0.15) is 0 Å². The minimum atomic E-state index is -0.416. The van der Waals surface area contributed by atoms with Gasteiger partial charge >= 0.3 is 5.97 Å².